The zero-order valence-electron chi connectivity index (χ0n) is 17.8. The summed E-state index contributed by atoms with van der Waals surface area (Å²) in [6.07, 6.45) is -3.67. The lowest BCUT2D eigenvalue weighted by Crippen LogP contribution is -2.23. The summed E-state index contributed by atoms with van der Waals surface area (Å²) in [4.78, 5) is 25.9. The highest BCUT2D eigenvalue weighted by Crippen LogP contribution is 2.36. The van der Waals surface area contributed by atoms with Crippen LogP contribution in [0.5, 0.6) is 5.75 Å². The first-order valence-electron chi connectivity index (χ1n) is 10.4. The first-order valence-corrected chi connectivity index (χ1v) is 11.4. The zero-order chi connectivity index (χ0) is 24.3. The van der Waals surface area contributed by atoms with Gasteiger partial charge >= 0.3 is 12.1 Å². The maximum Gasteiger partial charge on any atom is 0.416 e. The first kappa shape index (κ1) is 23.7. The topological polar surface area (TPSA) is 66.8 Å². The lowest BCUT2D eigenvalue weighted by Gasteiger charge is -2.17. The number of alkyl halides is 3. The number of nitrogens with zero attached hydrogens (tertiary/aromatic N) is 1. The summed E-state index contributed by atoms with van der Waals surface area (Å²) in [5, 5.41) is 8.67. The molecular weight excluding hydrogens is 467 g/mol. The van der Waals surface area contributed by atoms with Crippen molar-refractivity contribution >= 4 is 29.3 Å². The molecule has 0 atom stereocenters. The van der Waals surface area contributed by atoms with Crippen LogP contribution in [0.1, 0.15) is 27.0 Å². The minimum Gasteiger partial charge on any atom is -0.482 e. The van der Waals surface area contributed by atoms with Crippen LogP contribution in [-0.2, 0) is 23.9 Å². The summed E-state index contributed by atoms with van der Waals surface area (Å²) in [6.45, 7) is -0.0884. The van der Waals surface area contributed by atoms with Crippen molar-refractivity contribution in [1.29, 1.82) is 0 Å². The third kappa shape index (κ3) is 5.36. The second-order valence-electron chi connectivity index (χ2n) is 7.64. The monoisotopic (exact) mass is 487 g/mol. The van der Waals surface area contributed by atoms with E-state index in [2.05, 4.69) is 0 Å². The van der Waals surface area contributed by atoms with E-state index < -0.39 is 24.3 Å². The normalized spacial score (nSPS) is 13.1. The second-order valence-corrected chi connectivity index (χ2v) is 8.78. The van der Waals surface area contributed by atoms with E-state index in [9.17, 15) is 22.8 Å². The van der Waals surface area contributed by atoms with Gasteiger partial charge in [-0.2, -0.15) is 13.2 Å². The van der Waals surface area contributed by atoms with Crippen LogP contribution in [0.2, 0.25) is 0 Å². The molecule has 0 aromatic heterocycles. The van der Waals surface area contributed by atoms with Crippen molar-refractivity contribution < 1.29 is 32.6 Å². The number of aliphatic carboxylic acids is 1. The average molecular weight is 487 g/mol. The van der Waals surface area contributed by atoms with Crippen LogP contribution < -0.4 is 9.64 Å². The maximum atomic E-state index is 12.9. The molecule has 34 heavy (non-hydrogen) atoms. The number of amides is 1. The van der Waals surface area contributed by atoms with Crippen LogP contribution in [0.3, 0.4) is 0 Å². The van der Waals surface area contributed by atoms with Gasteiger partial charge in [0, 0.05) is 21.9 Å². The Bertz CT molecular complexity index is 1190. The molecular formula is C25H20F3NO4S. The SMILES string of the molecule is O=C(O)COc1ccc(CCSc2cccc3c2CN(c2ccc(C(F)(F)F)cc2)C3=O)cc1. The van der Waals surface area contributed by atoms with E-state index in [1.807, 2.05) is 24.3 Å². The lowest BCUT2D eigenvalue weighted by atomic mass is 10.1. The zero-order valence-corrected chi connectivity index (χ0v) is 18.7. The van der Waals surface area contributed by atoms with E-state index in [-0.39, 0.29) is 5.91 Å². The predicted octanol–water partition coefficient (Wildman–Crippen LogP) is 5.66. The molecule has 1 heterocycles. The van der Waals surface area contributed by atoms with Crippen molar-refractivity contribution in [1.82, 2.24) is 0 Å². The number of aryl methyl sites for hydroxylation is 1. The molecule has 0 unspecified atom stereocenters. The molecule has 0 radical (unpaired) electrons. The number of carbonyl (C=O) groups excluding carboxylic acids is 1. The minimum atomic E-state index is -4.42. The third-order valence-electron chi connectivity index (χ3n) is 5.37. The van der Waals surface area contributed by atoms with Gasteiger partial charge in [-0.15, -0.1) is 11.8 Å². The van der Waals surface area contributed by atoms with Crippen molar-refractivity contribution in [2.45, 2.75) is 24.0 Å². The Morgan fingerprint density at radius 3 is 2.38 bits per heavy atom. The fraction of sp³-hybridized carbons (Fsp3) is 0.200. The van der Waals surface area contributed by atoms with Crippen LogP contribution in [0, 0.1) is 0 Å². The van der Waals surface area contributed by atoms with Gasteiger partial charge < -0.3 is 14.7 Å². The number of carbonyl (C=O) groups is 2. The smallest absolute Gasteiger partial charge is 0.416 e. The van der Waals surface area contributed by atoms with Gasteiger partial charge in [-0.05, 0) is 66.1 Å². The van der Waals surface area contributed by atoms with Gasteiger partial charge in [0.1, 0.15) is 5.75 Å². The molecule has 3 aromatic carbocycles. The Balaban J connectivity index is 1.40. The molecule has 1 amide bonds. The Hall–Kier alpha value is -3.46. The summed E-state index contributed by atoms with van der Waals surface area (Å²) >= 11 is 1.61. The van der Waals surface area contributed by atoms with E-state index in [1.165, 1.54) is 17.0 Å². The molecule has 1 N–H and O–H groups in total. The number of fused-ring (bicyclic) bond motifs is 1. The Morgan fingerprint density at radius 1 is 1.03 bits per heavy atom. The molecule has 1 aliphatic rings. The van der Waals surface area contributed by atoms with Gasteiger partial charge in [-0.3, -0.25) is 4.79 Å². The van der Waals surface area contributed by atoms with Crippen LogP contribution in [0.25, 0.3) is 0 Å². The van der Waals surface area contributed by atoms with Crippen LogP contribution in [0.15, 0.2) is 71.6 Å². The average Bonchev–Trinajstić information content (AvgIpc) is 3.15. The summed E-state index contributed by atoms with van der Waals surface area (Å²) in [5.41, 5.74) is 2.17. The van der Waals surface area contributed by atoms with E-state index in [1.54, 1.807) is 30.0 Å². The maximum absolute atomic E-state index is 12.9. The van der Waals surface area contributed by atoms with E-state index in [0.717, 1.165) is 40.3 Å². The number of hydrogen-bond donors (Lipinski definition) is 1. The number of ether oxygens (including phenoxy) is 1. The van der Waals surface area contributed by atoms with Crippen LogP contribution in [-0.4, -0.2) is 29.3 Å². The highest BCUT2D eigenvalue weighted by molar-refractivity contribution is 7.99. The molecule has 0 spiro atoms. The standard InChI is InChI=1S/C25H20F3NO4S/c26-25(27,28)17-6-8-18(9-7-17)29-14-21-20(24(29)32)2-1-3-22(21)34-13-12-16-4-10-19(11-5-16)33-15-23(30)31/h1-11H,12-15H2,(H,30,31). The Labute approximate surface area is 198 Å². The van der Waals surface area contributed by atoms with Gasteiger partial charge in [0.2, 0.25) is 0 Å². The van der Waals surface area contributed by atoms with Gasteiger partial charge in [0.25, 0.3) is 5.91 Å². The number of thioether (sulfide) groups is 1. The fourth-order valence-electron chi connectivity index (χ4n) is 3.65. The number of carboxylic acids is 1. The summed E-state index contributed by atoms with van der Waals surface area (Å²) in [6, 6.07) is 17.3. The van der Waals surface area contributed by atoms with Gasteiger partial charge in [-0.25, -0.2) is 4.79 Å². The molecule has 3 aromatic rings. The van der Waals surface area contributed by atoms with Crippen molar-refractivity contribution in [2.24, 2.45) is 0 Å². The molecule has 0 saturated heterocycles. The minimum absolute atomic E-state index is 0.228. The number of carboxylic acid groups (broad SMARTS) is 1. The quantitative estimate of drug-likeness (QED) is 0.415. The summed E-state index contributed by atoms with van der Waals surface area (Å²) < 4.78 is 43.7. The molecule has 5 nitrogen and oxygen atoms in total. The highest BCUT2D eigenvalue weighted by Gasteiger charge is 2.33. The molecule has 4 rings (SSSR count). The molecule has 0 fully saturated rings. The van der Waals surface area contributed by atoms with E-state index >= 15 is 0 Å². The number of halogens is 3. The number of anilines is 1. The molecule has 1 aliphatic heterocycles. The second kappa shape index (κ2) is 9.80. The van der Waals surface area contributed by atoms with Gasteiger partial charge in [0.05, 0.1) is 12.1 Å². The largest absolute Gasteiger partial charge is 0.482 e. The fourth-order valence-corrected chi connectivity index (χ4v) is 4.74. The van der Waals surface area contributed by atoms with Gasteiger partial charge in [-0.1, -0.05) is 18.2 Å². The molecule has 0 bridgehead atoms. The molecule has 0 aliphatic carbocycles. The summed E-state index contributed by atoms with van der Waals surface area (Å²) in [5.74, 6) is -0.0257. The summed E-state index contributed by atoms with van der Waals surface area (Å²) in [7, 11) is 0. The number of rotatable bonds is 8. The molecule has 176 valence electrons. The highest BCUT2D eigenvalue weighted by atomic mass is 32.2. The van der Waals surface area contributed by atoms with Crippen LogP contribution in [0.4, 0.5) is 18.9 Å². The first-order chi connectivity index (χ1) is 16.2. The van der Waals surface area contributed by atoms with Crippen molar-refractivity contribution in [2.75, 3.05) is 17.3 Å². The number of benzene rings is 3. The third-order valence-corrected chi connectivity index (χ3v) is 6.47. The van der Waals surface area contributed by atoms with Crippen molar-refractivity contribution in [3.05, 3.63) is 89.0 Å². The lowest BCUT2D eigenvalue weighted by molar-refractivity contribution is -0.139. The van der Waals surface area contributed by atoms with Gasteiger partial charge in [0.15, 0.2) is 6.61 Å². The van der Waals surface area contributed by atoms with Crippen molar-refractivity contribution in [3.8, 4) is 5.75 Å². The number of hydrogen-bond acceptors (Lipinski definition) is 4. The van der Waals surface area contributed by atoms with Crippen LogP contribution >= 0.6 is 11.8 Å². The predicted molar refractivity (Wildman–Crippen MR) is 122 cm³/mol. The van der Waals surface area contributed by atoms with E-state index in [0.29, 0.717) is 23.5 Å². The molecule has 0 saturated carbocycles. The van der Waals surface area contributed by atoms with E-state index in [4.69, 9.17) is 9.84 Å². The molecule has 9 heteroatoms. The van der Waals surface area contributed by atoms with Crippen molar-refractivity contribution in [3.63, 3.8) is 0 Å². The Morgan fingerprint density at radius 2 is 1.74 bits per heavy atom. The Kier molecular flexibility index (Phi) is 6.83.